The summed E-state index contributed by atoms with van der Waals surface area (Å²) in [5.41, 5.74) is -0.407. The molecule has 0 saturated heterocycles. The highest BCUT2D eigenvalue weighted by atomic mass is 28.3. The van der Waals surface area contributed by atoms with Gasteiger partial charge in [-0.2, -0.15) is 0 Å². The standard InChI is InChI=1S/C23H37NO4Si/c1-8-15-24(16-9-2)22(27)28-19(21(26)18-13-11-10-12-14-18)17-20(25)29(6,7)23(3,4)5/h10-14,17,20,25H,8-9,15-16H2,1-7H3/b19-17+. The lowest BCUT2D eigenvalue weighted by Gasteiger charge is -2.39. The van der Waals surface area contributed by atoms with Gasteiger partial charge in [0.15, 0.2) is 5.76 Å². The Hall–Kier alpha value is -1.92. The number of carbonyl (C=O) groups excluding carboxylic acids is 2. The first-order valence-electron chi connectivity index (χ1n) is 10.4. The lowest BCUT2D eigenvalue weighted by molar-refractivity contribution is 0.0889. The molecule has 0 aliphatic rings. The molecule has 0 radical (unpaired) electrons. The Morgan fingerprint density at radius 1 is 1.10 bits per heavy atom. The summed E-state index contributed by atoms with van der Waals surface area (Å²) >= 11 is 0. The zero-order valence-corrected chi connectivity index (χ0v) is 20.0. The molecule has 5 nitrogen and oxygen atoms in total. The van der Waals surface area contributed by atoms with Crippen molar-refractivity contribution in [1.82, 2.24) is 4.90 Å². The fraction of sp³-hybridized carbons (Fsp3) is 0.565. The van der Waals surface area contributed by atoms with E-state index in [1.54, 1.807) is 29.2 Å². The van der Waals surface area contributed by atoms with Gasteiger partial charge < -0.3 is 14.7 Å². The van der Waals surface area contributed by atoms with Crippen LogP contribution in [0.1, 0.15) is 57.8 Å². The van der Waals surface area contributed by atoms with Crippen LogP contribution in [0.25, 0.3) is 0 Å². The summed E-state index contributed by atoms with van der Waals surface area (Å²) in [4.78, 5) is 27.4. The Bertz CT molecular complexity index is 701. The van der Waals surface area contributed by atoms with E-state index in [4.69, 9.17) is 4.74 Å². The number of amides is 1. The second-order valence-corrected chi connectivity index (χ2v) is 14.5. The van der Waals surface area contributed by atoms with Gasteiger partial charge >= 0.3 is 6.09 Å². The molecule has 1 unspecified atom stereocenters. The predicted octanol–water partition coefficient (Wildman–Crippen LogP) is 5.42. The topological polar surface area (TPSA) is 66.8 Å². The van der Waals surface area contributed by atoms with Crippen LogP contribution in [0.4, 0.5) is 4.79 Å². The van der Waals surface area contributed by atoms with Crippen molar-refractivity contribution < 1.29 is 19.4 Å². The minimum Gasteiger partial charge on any atom is -0.406 e. The Balaban J connectivity index is 3.28. The van der Waals surface area contributed by atoms with Crippen LogP contribution in [0.3, 0.4) is 0 Å². The van der Waals surface area contributed by atoms with Gasteiger partial charge in [-0.25, -0.2) is 4.79 Å². The van der Waals surface area contributed by atoms with Crippen molar-refractivity contribution in [3.05, 3.63) is 47.7 Å². The molecule has 0 spiro atoms. The maximum Gasteiger partial charge on any atom is 0.415 e. The van der Waals surface area contributed by atoms with Gasteiger partial charge in [0.2, 0.25) is 5.78 Å². The Morgan fingerprint density at radius 3 is 2.07 bits per heavy atom. The van der Waals surface area contributed by atoms with Gasteiger partial charge in [0.1, 0.15) is 0 Å². The van der Waals surface area contributed by atoms with Crippen molar-refractivity contribution >= 4 is 20.0 Å². The summed E-state index contributed by atoms with van der Waals surface area (Å²) in [7, 11) is -2.20. The van der Waals surface area contributed by atoms with E-state index in [0.29, 0.717) is 18.7 Å². The molecule has 0 heterocycles. The molecule has 0 aliphatic heterocycles. The lowest BCUT2D eigenvalue weighted by atomic mass is 10.1. The van der Waals surface area contributed by atoms with E-state index in [1.807, 2.05) is 19.9 Å². The maximum atomic E-state index is 13.1. The summed E-state index contributed by atoms with van der Waals surface area (Å²) < 4.78 is 5.57. The van der Waals surface area contributed by atoms with Gasteiger partial charge in [-0.1, -0.05) is 78.0 Å². The largest absolute Gasteiger partial charge is 0.415 e. The van der Waals surface area contributed by atoms with Crippen molar-refractivity contribution in [2.75, 3.05) is 13.1 Å². The summed E-state index contributed by atoms with van der Waals surface area (Å²) in [6.45, 7) is 15.5. The van der Waals surface area contributed by atoms with Crippen molar-refractivity contribution in [3.8, 4) is 0 Å². The number of hydrogen-bond donors (Lipinski definition) is 1. The smallest absolute Gasteiger partial charge is 0.406 e. The molecular weight excluding hydrogens is 382 g/mol. The van der Waals surface area contributed by atoms with Crippen LogP contribution >= 0.6 is 0 Å². The van der Waals surface area contributed by atoms with E-state index in [1.165, 1.54) is 6.08 Å². The first-order valence-corrected chi connectivity index (χ1v) is 13.5. The monoisotopic (exact) mass is 419 g/mol. The SMILES string of the molecule is CCCN(CCC)C(=O)O/C(=C/C(O)[Si](C)(C)C(C)(C)C)C(=O)c1ccccc1. The Kier molecular flexibility index (Phi) is 9.30. The fourth-order valence-electron chi connectivity index (χ4n) is 2.68. The second kappa shape index (κ2) is 10.7. The number of ketones is 1. The minimum atomic E-state index is -2.20. The maximum absolute atomic E-state index is 13.1. The molecule has 0 saturated carbocycles. The van der Waals surface area contributed by atoms with Gasteiger partial charge in [-0.3, -0.25) is 4.79 Å². The van der Waals surface area contributed by atoms with Gasteiger partial charge in [0, 0.05) is 18.7 Å². The average molecular weight is 420 g/mol. The van der Waals surface area contributed by atoms with Crippen LogP contribution in [0.2, 0.25) is 18.1 Å². The van der Waals surface area contributed by atoms with E-state index in [9.17, 15) is 14.7 Å². The first kappa shape index (κ1) is 25.1. The highest BCUT2D eigenvalue weighted by molar-refractivity contribution is 6.81. The highest BCUT2D eigenvalue weighted by Gasteiger charge is 2.41. The zero-order valence-electron chi connectivity index (χ0n) is 19.0. The van der Waals surface area contributed by atoms with Crippen LogP contribution in [0.15, 0.2) is 42.2 Å². The van der Waals surface area contributed by atoms with Crippen LogP contribution in [-0.4, -0.2) is 48.8 Å². The number of benzene rings is 1. The molecule has 0 bridgehead atoms. The summed E-state index contributed by atoms with van der Waals surface area (Å²) in [5, 5.41) is 10.9. The number of Topliss-reactive ketones (excluding diaryl/α,β-unsaturated/α-hetero) is 1. The van der Waals surface area contributed by atoms with Crippen LogP contribution in [0, 0.1) is 0 Å². The van der Waals surface area contributed by atoms with E-state index < -0.39 is 25.7 Å². The average Bonchev–Trinajstić information content (AvgIpc) is 2.66. The number of rotatable bonds is 9. The van der Waals surface area contributed by atoms with Crippen LogP contribution < -0.4 is 0 Å². The van der Waals surface area contributed by atoms with Crippen molar-refractivity contribution in [3.63, 3.8) is 0 Å². The quantitative estimate of drug-likeness (QED) is 0.251. The molecule has 1 aromatic rings. The Morgan fingerprint density at radius 2 is 1.62 bits per heavy atom. The van der Waals surface area contributed by atoms with E-state index in [0.717, 1.165) is 12.8 Å². The fourth-order valence-corrected chi connectivity index (χ4v) is 4.13. The Labute approximate surface area is 176 Å². The molecule has 0 aromatic heterocycles. The molecular formula is C23H37NO4Si. The highest BCUT2D eigenvalue weighted by Crippen LogP contribution is 2.38. The number of aliphatic hydroxyl groups is 1. The first-order chi connectivity index (χ1) is 13.5. The number of nitrogens with zero attached hydrogens (tertiary/aromatic N) is 1. The molecule has 6 heteroatoms. The van der Waals surface area contributed by atoms with Crippen LogP contribution in [0.5, 0.6) is 0 Å². The minimum absolute atomic E-state index is 0.0930. The van der Waals surface area contributed by atoms with Gasteiger partial charge in [0.05, 0.1) is 13.8 Å². The molecule has 1 aromatic carbocycles. The molecule has 1 amide bonds. The third kappa shape index (κ3) is 6.82. The molecule has 162 valence electrons. The van der Waals surface area contributed by atoms with Crippen LogP contribution in [-0.2, 0) is 4.74 Å². The van der Waals surface area contributed by atoms with Gasteiger partial charge in [0.25, 0.3) is 0 Å². The summed E-state index contributed by atoms with van der Waals surface area (Å²) in [6, 6.07) is 8.70. The lowest BCUT2D eigenvalue weighted by Crippen LogP contribution is -2.48. The molecule has 29 heavy (non-hydrogen) atoms. The third-order valence-electron chi connectivity index (χ3n) is 5.68. The summed E-state index contributed by atoms with van der Waals surface area (Å²) in [5.74, 6) is -0.500. The number of ether oxygens (including phenoxy) is 1. The van der Waals surface area contributed by atoms with E-state index >= 15 is 0 Å². The summed E-state index contributed by atoms with van der Waals surface area (Å²) in [6.07, 6.45) is 2.49. The number of aliphatic hydroxyl groups excluding tert-OH is 1. The molecule has 1 atom stereocenters. The molecule has 1 rings (SSSR count). The normalized spacial score (nSPS) is 13.7. The zero-order chi connectivity index (χ0) is 22.2. The number of hydrogen-bond acceptors (Lipinski definition) is 4. The molecule has 1 N–H and O–H groups in total. The molecule has 0 fully saturated rings. The number of carbonyl (C=O) groups is 2. The van der Waals surface area contributed by atoms with Gasteiger partial charge in [-0.15, -0.1) is 0 Å². The van der Waals surface area contributed by atoms with Gasteiger partial charge in [-0.05, 0) is 24.0 Å². The molecule has 0 aliphatic carbocycles. The second-order valence-electron chi connectivity index (χ2n) is 9.00. The number of allylic oxidation sites excluding steroid dienone is 1. The van der Waals surface area contributed by atoms with Crippen molar-refractivity contribution in [2.24, 2.45) is 0 Å². The third-order valence-corrected chi connectivity index (χ3v) is 11.2. The van der Waals surface area contributed by atoms with E-state index in [-0.39, 0.29) is 10.8 Å². The predicted molar refractivity (Wildman–Crippen MR) is 121 cm³/mol. The van der Waals surface area contributed by atoms with Crippen molar-refractivity contribution in [1.29, 1.82) is 0 Å². The van der Waals surface area contributed by atoms with E-state index in [2.05, 4.69) is 33.9 Å². The van der Waals surface area contributed by atoms with Crippen molar-refractivity contribution in [2.45, 2.75) is 71.3 Å².